The molecule has 0 spiro atoms. The molecule has 3 unspecified atom stereocenters. The Morgan fingerprint density at radius 2 is 1.54 bits per heavy atom. The molecule has 1 N–H and O–H groups in total. The molecule has 3 heteroatoms. The summed E-state index contributed by atoms with van der Waals surface area (Å²) < 4.78 is 5.52. The maximum atomic E-state index is 12.4. The van der Waals surface area contributed by atoms with Gasteiger partial charge in [0.15, 0.2) is 0 Å². The number of rotatable bonds is 15. The van der Waals surface area contributed by atoms with Crippen LogP contribution >= 0.6 is 0 Å². The van der Waals surface area contributed by atoms with Crippen molar-refractivity contribution in [3.05, 3.63) is 70.3 Å². The zero-order chi connectivity index (χ0) is 32.9. The van der Waals surface area contributed by atoms with Gasteiger partial charge in [-0.05, 0) is 143 Å². The lowest BCUT2D eigenvalue weighted by Crippen LogP contribution is -2.40. The average Bonchev–Trinajstić information content (AvgIpc) is 3.05. The van der Waals surface area contributed by atoms with Crippen molar-refractivity contribution in [2.24, 2.45) is 11.8 Å². The lowest BCUT2D eigenvalue weighted by atomic mass is 9.71. The van der Waals surface area contributed by atoms with Crippen molar-refractivity contribution in [2.75, 3.05) is 0 Å². The number of aryl methyl sites for hydroxylation is 2. The lowest BCUT2D eigenvalue weighted by molar-refractivity contribution is 0.0500. The van der Waals surface area contributed by atoms with Gasteiger partial charge < -0.3 is 10.1 Å². The fraction of sp³-hybridized carbons (Fsp3) is 0.651. The van der Waals surface area contributed by atoms with Crippen LogP contribution in [-0.2, 0) is 17.6 Å². The molecule has 1 amide bonds. The van der Waals surface area contributed by atoms with Crippen LogP contribution in [0.25, 0.3) is 11.1 Å². The smallest absolute Gasteiger partial charge is 0.407 e. The Morgan fingerprint density at radius 1 is 0.848 bits per heavy atom. The van der Waals surface area contributed by atoms with Crippen LogP contribution in [0.5, 0.6) is 0 Å². The van der Waals surface area contributed by atoms with E-state index >= 15 is 0 Å². The Kier molecular flexibility index (Phi) is 14.3. The zero-order valence-electron chi connectivity index (χ0n) is 30.3. The first kappa shape index (κ1) is 36.3. The number of carbonyl (C=O) groups excluding carboxylic acids is 1. The summed E-state index contributed by atoms with van der Waals surface area (Å²) in [6.07, 6.45) is 33.8. The van der Waals surface area contributed by atoms with Crippen molar-refractivity contribution in [2.45, 2.75) is 169 Å². The number of unbranched alkanes of at least 4 members (excludes halogenated alkanes) is 6. The molecule has 1 aromatic rings. The summed E-state index contributed by atoms with van der Waals surface area (Å²) in [7, 11) is 0. The molecule has 4 rings (SSSR count). The highest BCUT2D eigenvalue weighted by Gasteiger charge is 2.30. The summed E-state index contributed by atoms with van der Waals surface area (Å²) in [5, 5.41) is 3.11. The van der Waals surface area contributed by atoms with Crippen LogP contribution in [0.4, 0.5) is 4.79 Å². The molecule has 0 saturated carbocycles. The van der Waals surface area contributed by atoms with E-state index in [0.717, 1.165) is 32.1 Å². The molecule has 0 heterocycles. The van der Waals surface area contributed by atoms with Crippen LogP contribution in [0.3, 0.4) is 0 Å². The summed E-state index contributed by atoms with van der Waals surface area (Å²) in [5.74, 6) is 1.20. The number of carbonyl (C=O) groups is 1. The maximum Gasteiger partial charge on any atom is 0.407 e. The second kappa shape index (κ2) is 18.1. The number of ether oxygens (including phenoxy) is 1. The van der Waals surface area contributed by atoms with E-state index in [0.29, 0.717) is 11.8 Å². The van der Waals surface area contributed by atoms with Gasteiger partial charge >= 0.3 is 6.09 Å². The molecule has 3 aliphatic carbocycles. The fourth-order valence-electron chi connectivity index (χ4n) is 7.83. The third kappa shape index (κ3) is 10.7. The largest absolute Gasteiger partial charge is 0.444 e. The van der Waals surface area contributed by atoms with Gasteiger partial charge in [-0.15, -0.1) is 0 Å². The van der Waals surface area contributed by atoms with E-state index in [9.17, 15) is 4.79 Å². The van der Waals surface area contributed by atoms with E-state index in [-0.39, 0.29) is 12.1 Å². The Labute approximate surface area is 282 Å². The minimum atomic E-state index is -0.462. The monoisotopic (exact) mass is 628 g/mol. The van der Waals surface area contributed by atoms with Crippen LogP contribution in [0.15, 0.2) is 48.1 Å². The van der Waals surface area contributed by atoms with E-state index in [1.54, 1.807) is 27.8 Å². The Hall–Kier alpha value is -2.55. The zero-order valence-corrected chi connectivity index (χ0v) is 30.3. The van der Waals surface area contributed by atoms with Crippen molar-refractivity contribution in [3.8, 4) is 0 Å². The topological polar surface area (TPSA) is 38.3 Å². The Bertz CT molecular complexity index is 1260. The van der Waals surface area contributed by atoms with Crippen LogP contribution < -0.4 is 5.32 Å². The molecule has 46 heavy (non-hydrogen) atoms. The molecule has 0 aliphatic heterocycles. The first-order chi connectivity index (χ1) is 22.2. The second-order valence-electron chi connectivity index (χ2n) is 15.2. The number of hydrogen-bond acceptors (Lipinski definition) is 2. The van der Waals surface area contributed by atoms with E-state index < -0.39 is 5.60 Å². The molecule has 3 nitrogen and oxygen atoms in total. The normalized spacial score (nSPS) is 21.8. The van der Waals surface area contributed by atoms with Crippen molar-refractivity contribution in [3.63, 3.8) is 0 Å². The second-order valence-corrected chi connectivity index (χ2v) is 15.2. The number of hydrogen-bond donors (Lipinski definition) is 1. The summed E-state index contributed by atoms with van der Waals surface area (Å²) >= 11 is 0. The van der Waals surface area contributed by atoms with Gasteiger partial charge in [0.2, 0.25) is 0 Å². The van der Waals surface area contributed by atoms with E-state index in [1.165, 1.54) is 94.6 Å². The molecule has 0 aromatic heterocycles. The van der Waals surface area contributed by atoms with Gasteiger partial charge in [0.05, 0.1) is 0 Å². The van der Waals surface area contributed by atoms with Crippen molar-refractivity contribution < 1.29 is 9.53 Å². The van der Waals surface area contributed by atoms with Crippen molar-refractivity contribution >= 4 is 17.2 Å². The molecule has 254 valence electrons. The number of amides is 1. The first-order valence-corrected chi connectivity index (χ1v) is 19.1. The van der Waals surface area contributed by atoms with Crippen molar-refractivity contribution in [1.82, 2.24) is 5.32 Å². The number of alkyl carbamates (subject to hydrolysis) is 1. The molecule has 3 aliphatic rings. The predicted octanol–water partition coefficient (Wildman–Crippen LogP) is 12.5. The van der Waals surface area contributed by atoms with Gasteiger partial charge in [-0.1, -0.05) is 107 Å². The molecule has 3 atom stereocenters. The third-order valence-corrected chi connectivity index (χ3v) is 10.4. The SMILES string of the molecule is CCCCCCc1cc(C2=CC(CC)C(C3=CCC(NC(=O)OC(C)(C)C)CC3)CC2)c(CCCCCC)cc1C1=CCCC=C1. The van der Waals surface area contributed by atoms with Gasteiger partial charge in [-0.25, -0.2) is 4.79 Å². The number of nitrogens with one attached hydrogen (secondary N) is 1. The highest BCUT2D eigenvalue weighted by molar-refractivity contribution is 5.80. The van der Waals surface area contributed by atoms with Crippen LogP contribution in [0.1, 0.15) is 167 Å². The summed E-state index contributed by atoms with van der Waals surface area (Å²) in [6, 6.07) is 5.44. The first-order valence-electron chi connectivity index (χ1n) is 19.1. The molecule has 0 radical (unpaired) electrons. The predicted molar refractivity (Wildman–Crippen MR) is 198 cm³/mol. The van der Waals surface area contributed by atoms with Gasteiger partial charge in [0.25, 0.3) is 0 Å². The molecule has 0 saturated heterocycles. The van der Waals surface area contributed by atoms with Crippen LogP contribution in [0.2, 0.25) is 0 Å². The van der Waals surface area contributed by atoms with Crippen LogP contribution in [0, 0.1) is 11.8 Å². The van der Waals surface area contributed by atoms with Gasteiger partial charge in [-0.3, -0.25) is 0 Å². The fourth-order valence-corrected chi connectivity index (χ4v) is 7.83. The average molecular weight is 628 g/mol. The van der Waals surface area contributed by atoms with E-state index in [1.807, 2.05) is 20.8 Å². The molecule has 0 bridgehead atoms. The summed E-state index contributed by atoms with van der Waals surface area (Å²) in [5.41, 5.74) is 10.4. The Morgan fingerprint density at radius 3 is 2.13 bits per heavy atom. The van der Waals surface area contributed by atoms with Crippen LogP contribution in [-0.4, -0.2) is 17.7 Å². The summed E-state index contributed by atoms with van der Waals surface area (Å²) in [4.78, 5) is 12.4. The highest BCUT2D eigenvalue weighted by atomic mass is 16.6. The minimum absolute atomic E-state index is 0.173. The summed E-state index contributed by atoms with van der Waals surface area (Å²) in [6.45, 7) is 12.8. The standard InChI is InChI=1S/C43H65NO2/c1-7-10-12-15-21-35-31-41(36(22-16-13-11-8-2)30-40(35)33-19-17-14-18-20-33)37-25-28-39(32(9-3)29-37)34-23-26-38(27-24-34)44-42(45)46-43(4,5)6/h17,19-20,23,29-32,38-39H,7-16,18,21-22,24-28H2,1-6H3,(H,44,45). The molecular formula is C43H65NO2. The maximum absolute atomic E-state index is 12.4. The van der Waals surface area contributed by atoms with Crippen molar-refractivity contribution in [1.29, 1.82) is 0 Å². The highest BCUT2D eigenvalue weighted by Crippen LogP contribution is 2.43. The van der Waals surface area contributed by atoms with Gasteiger partial charge in [0.1, 0.15) is 5.60 Å². The van der Waals surface area contributed by atoms with E-state index in [2.05, 4.69) is 68.6 Å². The molecular weight excluding hydrogens is 562 g/mol. The van der Waals surface area contributed by atoms with E-state index in [4.69, 9.17) is 4.74 Å². The molecule has 0 fully saturated rings. The number of allylic oxidation sites excluding steroid dienone is 7. The number of benzene rings is 1. The lowest BCUT2D eigenvalue weighted by Gasteiger charge is -2.35. The van der Waals surface area contributed by atoms with Gasteiger partial charge in [0, 0.05) is 6.04 Å². The Balaban J connectivity index is 1.58. The third-order valence-electron chi connectivity index (χ3n) is 10.4. The van der Waals surface area contributed by atoms with Gasteiger partial charge in [-0.2, -0.15) is 0 Å². The quantitative estimate of drug-likeness (QED) is 0.155. The molecule has 1 aromatic carbocycles. The minimum Gasteiger partial charge on any atom is -0.444 e.